The van der Waals surface area contributed by atoms with Crippen molar-refractivity contribution in [1.82, 2.24) is 14.6 Å². The normalized spacial score (nSPS) is 13.6. The van der Waals surface area contributed by atoms with Crippen LogP contribution in [0.2, 0.25) is 5.02 Å². The van der Waals surface area contributed by atoms with Crippen LogP contribution in [-0.4, -0.2) is 27.0 Å². The third kappa shape index (κ3) is 1.84. The number of nitrogens with zero attached hydrogens (tertiary/aromatic N) is 3. The first-order valence-corrected chi connectivity index (χ1v) is 7.19. The van der Waals surface area contributed by atoms with Crippen molar-refractivity contribution in [2.24, 2.45) is 0 Å². The number of aromatic nitrogens is 3. The molecule has 2 aromatic heterocycles. The SMILES string of the molecule is O=C(c1ccc2n[nH]c(=O)n2c1)N1CCc2c(Cl)cccc21. The molecular weight excluding hydrogens is 304 g/mol. The van der Waals surface area contributed by atoms with Gasteiger partial charge in [0.1, 0.15) is 0 Å². The van der Waals surface area contributed by atoms with E-state index in [1.807, 2.05) is 18.2 Å². The Morgan fingerprint density at radius 1 is 1.27 bits per heavy atom. The molecule has 6 nitrogen and oxygen atoms in total. The van der Waals surface area contributed by atoms with Gasteiger partial charge >= 0.3 is 5.69 Å². The Morgan fingerprint density at radius 2 is 2.14 bits per heavy atom. The lowest BCUT2D eigenvalue weighted by molar-refractivity contribution is 0.0989. The van der Waals surface area contributed by atoms with Crippen molar-refractivity contribution in [2.45, 2.75) is 6.42 Å². The highest BCUT2D eigenvalue weighted by Gasteiger charge is 2.27. The molecule has 0 aliphatic carbocycles. The summed E-state index contributed by atoms with van der Waals surface area (Å²) in [5.74, 6) is -0.156. The minimum Gasteiger partial charge on any atom is -0.308 e. The second kappa shape index (κ2) is 4.71. The molecule has 0 saturated heterocycles. The second-order valence-electron chi connectivity index (χ2n) is 5.12. The van der Waals surface area contributed by atoms with Crippen molar-refractivity contribution >= 4 is 28.8 Å². The van der Waals surface area contributed by atoms with E-state index < -0.39 is 0 Å². The number of carbonyl (C=O) groups excluding carboxylic acids is 1. The number of rotatable bonds is 1. The highest BCUT2D eigenvalue weighted by molar-refractivity contribution is 6.32. The summed E-state index contributed by atoms with van der Waals surface area (Å²) in [6.07, 6.45) is 2.24. The quantitative estimate of drug-likeness (QED) is 0.745. The van der Waals surface area contributed by atoms with Crippen LogP contribution in [-0.2, 0) is 6.42 Å². The Morgan fingerprint density at radius 3 is 3.00 bits per heavy atom. The van der Waals surface area contributed by atoms with Crippen molar-refractivity contribution in [3.8, 4) is 0 Å². The maximum Gasteiger partial charge on any atom is 0.347 e. The molecule has 4 rings (SSSR count). The molecule has 1 aromatic carbocycles. The molecule has 0 saturated carbocycles. The molecular formula is C15H11ClN4O2. The Balaban J connectivity index is 1.77. The number of hydrogen-bond donors (Lipinski definition) is 1. The number of fused-ring (bicyclic) bond motifs is 2. The maximum absolute atomic E-state index is 12.7. The largest absolute Gasteiger partial charge is 0.347 e. The number of aromatic amines is 1. The predicted molar refractivity (Wildman–Crippen MR) is 82.6 cm³/mol. The van der Waals surface area contributed by atoms with Gasteiger partial charge in [-0.3, -0.25) is 4.79 Å². The van der Waals surface area contributed by atoms with E-state index in [4.69, 9.17) is 11.6 Å². The monoisotopic (exact) mass is 314 g/mol. The van der Waals surface area contributed by atoms with Crippen molar-refractivity contribution in [2.75, 3.05) is 11.4 Å². The Hall–Kier alpha value is -2.60. The summed E-state index contributed by atoms with van der Waals surface area (Å²) in [6, 6.07) is 8.84. The fourth-order valence-electron chi connectivity index (χ4n) is 2.79. The number of benzene rings is 1. The van der Waals surface area contributed by atoms with E-state index in [-0.39, 0.29) is 11.6 Å². The Labute approximate surface area is 129 Å². The third-order valence-electron chi connectivity index (χ3n) is 3.87. The van der Waals surface area contributed by atoms with Gasteiger partial charge in [-0.25, -0.2) is 14.3 Å². The number of anilines is 1. The first-order chi connectivity index (χ1) is 10.6. The van der Waals surface area contributed by atoms with E-state index in [1.54, 1.807) is 17.0 Å². The van der Waals surface area contributed by atoms with Gasteiger partial charge < -0.3 is 4.90 Å². The van der Waals surface area contributed by atoms with Gasteiger partial charge in [-0.05, 0) is 36.2 Å². The van der Waals surface area contributed by atoms with E-state index >= 15 is 0 Å². The van der Waals surface area contributed by atoms with Crippen LogP contribution in [0.1, 0.15) is 15.9 Å². The van der Waals surface area contributed by atoms with Gasteiger partial charge in [0.25, 0.3) is 5.91 Å². The molecule has 110 valence electrons. The molecule has 22 heavy (non-hydrogen) atoms. The lowest BCUT2D eigenvalue weighted by atomic mass is 10.1. The summed E-state index contributed by atoms with van der Waals surface area (Å²) in [4.78, 5) is 26.0. The molecule has 3 heterocycles. The minimum absolute atomic E-state index is 0.156. The van der Waals surface area contributed by atoms with Crippen molar-refractivity contribution in [1.29, 1.82) is 0 Å². The Kier molecular flexibility index (Phi) is 2.80. The first kappa shape index (κ1) is 13.1. The van der Waals surface area contributed by atoms with Crippen LogP contribution in [0.4, 0.5) is 5.69 Å². The fraction of sp³-hybridized carbons (Fsp3) is 0.133. The number of H-pyrrole nitrogens is 1. The molecule has 1 aliphatic rings. The number of halogens is 1. The molecule has 3 aromatic rings. The summed E-state index contributed by atoms with van der Waals surface area (Å²) >= 11 is 6.17. The van der Waals surface area contributed by atoms with E-state index in [1.165, 1.54) is 10.6 Å². The van der Waals surface area contributed by atoms with Gasteiger partial charge in [0.15, 0.2) is 5.65 Å². The van der Waals surface area contributed by atoms with Crippen LogP contribution >= 0.6 is 11.6 Å². The highest BCUT2D eigenvalue weighted by Crippen LogP contribution is 2.34. The van der Waals surface area contributed by atoms with Crippen LogP contribution in [0.3, 0.4) is 0 Å². The average molecular weight is 315 g/mol. The Bertz CT molecular complexity index is 960. The summed E-state index contributed by atoms with van der Waals surface area (Å²) in [6.45, 7) is 0.580. The molecule has 0 spiro atoms. The van der Waals surface area contributed by atoms with Gasteiger partial charge in [-0.15, -0.1) is 0 Å². The first-order valence-electron chi connectivity index (χ1n) is 6.81. The maximum atomic E-state index is 12.7. The van der Waals surface area contributed by atoms with Crippen LogP contribution < -0.4 is 10.6 Å². The van der Waals surface area contributed by atoms with Gasteiger partial charge in [0.05, 0.1) is 5.56 Å². The van der Waals surface area contributed by atoms with Crippen LogP contribution in [0, 0.1) is 0 Å². The van der Waals surface area contributed by atoms with Crippen molar-refractivity contribution < 1.29 is 4.79 Å². The molecule has 7 heteroatoms. The molecule has 1 amide bonds. The second-order valence-corrected chi connectivity index (χ2v) is 5.53. The summed E-state index contributed by atoms with van der Waals surface area (Å²) in [7, 11) is 0. The summed E-state index contributed by atoms with van der Waals surface area (Å²) in [5.41, 5.74) is 2.36. The summed E-state index contributed by atoms with van der Waals surface area (Å²) in [5, 5.41) is 6.87. The molecule has 0 atom stereocenters. The minimum atomic E-state index is -0.366. The van der Waals surface area contributed by atoms with Gasteiger partial charge in [0, 0.05) is 23.5 Å². The van der Waals surface area contributed by atoms with Crippen LogP contribution in [0.5, 0.6) is 0 Å². The number of nitrogens with one attached hydrogen (secondary N) is 1. The lowest BCUT2D eigenvalue weighted by Crippen LogP contribution is -2.29. The number of carbonyl (C=O) groups is 1. The van der Waals surface area contributed by atoms with E-state index in [0.29, 0.717) is 22.8 Å². The lowest BCUT2D eigenvalue weighted by Gasteiger charge is -2.17. The zero-order chi connectivity index (χ0) is 15.3. The summed E-state index contributed by atoms with van der Waals surface area (Å²) < 4.78 is 1.32. The predicted octanol–water partition coefficient (Wildman–Crippen LogP) is 1.88. The fourth-order valence-corrected chi connectivity index (χ4v) is 3.05. The van der Waals surface area contributed by atoms with E-state index in [9.17, 15) is 9.59 Å². The zero-order valence-corrected chi connectivity index (χ0v) is 12.2. The molecule has 1 aliphatic heterocycles. The van der Waals surface area contributed by atoms with Crippen molar-refractivity contribution in [3.05, 3.63) is 63.2 Å². The molecule has 0 unspecified atom stereocenters. The third-order valence-corrected chi connectivity index (χ3v) is 4.23. The number of hydrogen-bond acceptors (Lipinski definition) is 3. The topological polar surface area (TPSA) is 70.5 Å². The average Bonchev–Trinajstić information content (AvgIpc) is 3.12. The molecule has 0 fully saturated rings. The van der Waals surface area contributed by atoms with E-state index in [2.05, 4.69) is 10.2 Å². The molecule has 0 radical (unpaired) electrons. The van der Waals surface area contributed by atoms with E-state index in [0.717, 1.165) is 17.7 Å². The molecule has 0 bridgehead atoms. The van der Waals surface area contributed by atoms with Crippen LogP contribution in [0.25, 0.3) is 5.65 Å². The van der Waals surface area contributed by atoms with Crippen LogP contribution in [0.15, 0.2) is 41.3 Å². The zero-order valence-electron chi connectivity index (χ0n) is 11.4. The van der Waals surface area contributed by atoms with Gasteiger partial charge in [0.2, 0.25) is 0 Å². The van der Waals surface area contributed by atoms with Gasteiger partial charge in [-0.2, -0.15) is 5.10 Å². The standard InChI is InChI=1S/C15H11ClN4O2/c16-11-2-1-3-12-10(11)6-7-19(12)14(21)9-4-5-13-17-18-15(22)20(13)8-9/h1-5,8H,6-7H2,(H,18,22). The van der Waals surface area contributed by atoms with Gasteiger partial charge in [-0.1, -0.05) is 17.7 Å². The smallest absolute Gasteiger partial charge is 0.308 e. The highest BCUT2D eigenvalue weighted by atomic mass is 35.5. The number of pyridine rings is 1. The number of amides is 1. The molecule has 1 N–H and O–H groups in total. The van der Waals surface area contributed by atoms with Crippen molar-refractivity contribution in [3.63, 3.8) is 0 Å².